The van der Waals surface area contributed by atoms with E-state index in [-0.39, 0.29) is 11.5 Å². The van der Waals surface area contributed by atoms with Gasteiger partial charge in [-0.15, -0.1) is 11.8 Å². The van der Waals surface area contributed by atoms with E-state index in [4.69, 9.17) is 5.73 Å². The van der Waals surface area contributed by atoms with Crippen molar-refractivity contribution < 1.29 is 8.42 Å². The second kappa shape index (κ2) is 6.10. The summed E-state index contributed by atoms with van der Waals surface area (Å²) in [6, 6.07) is 1.84. The van der Waals surface area contributed by atoms with Crippen molar-refractivity contribution in [1.29, 1.82) is 0 Å². The fourth-order valence-corrected chi connectivity index (χ4v) is 3.07. The second-order valence-corrected chi connectivity index (χ2v) is 6.96. The fourth-order valence-electron chi connectivity index (χ4n) is 1.13. The molecule has 16 heavy (non-hydrogen) atoms. The molecule has 0 amide bonds. The predicted octanol–water partition coefficient (Wildman–Crippen LogP) is 1.58. The summed E-state index contributed by atoms with van der Waals surface area (Å²) >= 11 is 1.57. The van der Waals surface area contributed by atoms with E-state index in [1.165, 1.54) is 0 Å². The van der Waals surface area contributed by atoms with E-state index in [0.717, 1.165) is 10.6 Å². The highest BCUT2D eigenvalue weighted by Gasteiger charge is 2.07. The lowest BCUT2D eigenvalue weighted by atomic mass is 10.4. The number of hydrogen-bond donors (Lipinski definition) is 1. The normalized spacial score (nSPS) is 11.6. The Kier molecular flexibility index (Phi) is 5.08. The van der Waals surface area contributed by atoms with Crippen molar-refractivity contribution in [3.8, 4) is 0 Å². The molecule has 1 aromatic rings. The molecule has 0 fully saturated rings. The zero-order valence-corrected chi connectivity index (χ0v) is 10.9. The van der Waals surface area contributed by atoms with Gasteiger partial charge in [-0.05, 0) is 18.2 Å². The average Bonchev–Trinajstić information content (AvgIpc) is 2.27. The van der Waals surface area contributed by atoms with Crippen LogP contribution in [0, 0.1) is 0 Å². The first kappa shape index (κ1) is 13.3. The van der Waals surface area contributed by atoms with Crippen molar-refractivity contribution >= 4 is 27.3 Å². The standard InChI is InChI=1S/C10H16N2O2S2/c1-2-16(13,14)7-3-6-15-10-4-5-12-8-9(10)11/h4-5,8H,2-3,6-7,11H2,1H3. The van der Waals surface area contributed by atoms with Crippen LogP contribution in [-0.2, 0) is 9.84 Å². The highest BCUT2D eigenvalue weighted by Crippen LogP contribution is 2.23. The summed E-state index contributed by atoms with van der Waals surface area (Å²) in [5.41, 5.74) is 6.36. The molecular formula is C10H16N2O2S2. The molecule has 6 heteroatoms. The first-order valence-electron chi connectivity index (χ1n) is 5.08. The van der Waals surface area contributed by atoms with Crippen molar-refractivity contribution in [2.75, 3.05) is 23.0 Å². The van der Waals surface area contributed by atoms with Crippen LogP contribution in [-0.4, -0.2) is 30.7 Å². The van der Waals surface area contributed by atoms with Gasteiger partial charge in [0.05, 0.1) is 17.6 Å². The monoisotopic (exact) mass is 260 g/mol. The molecule has 0 aliphatic carbocycles. The van der Waals surface area contributed by atoms with E-state index >= 15 is 0 Å². The second-order valence-electron chi connectivity index (χ2n) is 3.35. The molecule has 0 aliphatic rings. The molecule has 0 spiro atoms. The van der Waals surface area contributed by atoms with Crippen LogP contribution >= 0.6 is 11.8 Å². The molecule has 0 aromatic carbocycles. The third kappa shape index (κ3) is 4.40. The average molecular weight is 260 g/mol. The third-order valence-electron chi connectivity index (χ3n) is 2.11. The van der Waals surface area contributed by atoms with Gasteiger partial charge >= 0.3 is 0 Å². The largest absolute Gasteiger partial charge is 0.397 e. The van der Waals surface area contributed by atoms with Crippen molar-refractivity contribution in [3.05, 3.63) is 18.5 Å². The molecule has 2 N–H and O–H groups in total. The number of nitrogen functional groups attached to an aromatic ring is 1. The van der Waals surface area contributed by atoms with Crippen molar-refractivity contribution in [1.82, 2.24) is 4.98 Å². The van der Waals surface area contributed by atoms with Gasteiger partial charge in [-0.3, -0.25) is 4.98 Å². The molecule has 4 nitrogen and oxygen atoms in total. The molecule has 0 saturated carbocycles. The van der Waals surface area contributed by atoms with Crippen LogP contribution in [0.3, 0.4) is 0 Å². The molecule has 0 saturated heterocycles. The fraction of sp³-hybridized carbons (Fsp3) is 0.500. The molecule has 90 valence electrons. The Balaban J connectivity index is 2.35. The SMILES string of the molecule is CCS(=O)(=O)CCCSc1ccncc1N. The van der Waals surface area contributed by atoms with Gasteiger partial charge in [0.2, 0.25) is 0 Å². The van der Waals surface area contributed by atoms with E-state index < -0.39 is 9.84 Å². The molecule has 0 bridgehead atoms. The van der Waals surface area contributed by atoms with E-state index in [0.29, 0.717) is 12.1 Å². The maximum Gasteiger partial charge on any atom is 0.150 e. The Hall–Kier alpha value is -0.750. The van der Waals surface area contributed by atoms with Gasteiger partial charge in [0.25, 0.3) is 0 Å². The Morgan fingerprint density at radius 2 is 2.25 bits per heavy atom. The number of anilines is 1. The van der Waals surface area contributed by atoms with Crippen molar-refractivity contribution in [3.63, 3.8) is 0 Å². The van der Waals surface area contributed by atoms with E-state index in [1.54, 1.807) is 31.1 Å². The molecule has 0 atom stereocenters. The Morgan fingerprint density at radius 3 is 2.88 bits per heavy atom. The van der Waals surface area contributed by atoms with Gasteiger partial charge in [0.15, 0.2) is 0 Å². The molecule has 0 aliphatic heterocycles. The number of sulfone groups is 1. The first-order chi connectivity index (χ1) is 7.55. The summed E-state index contributed by atoms with van der Waals surface area (Å²) in [6.45, 7) is 1.67. The minimum Gasteiger partial charge on any atom is -0.397 e. The molecule has 1 heterocycles. The summed E-state index contributed by atoms with van der Waals surface area (Å²) in [4.78, 5) is 4.85. The van der Waals surface area contributed by atoms with E-state index in [9.17, 15) is 8.42 Å². The van der Waals surface area contributed by atoms with Gasteiger partial charge in [-0.2, -0.15) is 0 Å². The molecule has 0 unspecified atom stereocenters. The van der Waals surface area contributed by atoms with E-state index in [2.05, 4.69) is 4.98 Å². The minimum atomic E-state index is -2.84. The highest BCUT2D eigenvalue weighted by atomic mass is 32.2. The number of hydrogen-bond acceptors (Lipinski definition) is 5. The zero-order chi connectivity index (χ0) is 12.0. The number of nitrogens with zero attached hydrogens (tertiary/aromatic N) is 1. The molecule has 0 radical (unpaired) electrons. The van der Waals surface area contributed by atoms with Crippen LogP contribution < -0.4 is 5.73 Å². The third-order valence-corrected chi connectivity index (χ3v) is 5.07. The lowest BCUT2D eigenvalue weighted by Crippen LogP contribution is -2.09. The first-order valence-corrected chi connectivity index (χ1v) is 7.88. The predicted molar refractivity (Wildman–Crippen MR) is 68.3 cm³/mol. The summed E-state index contributed by atoms with van der Waals surface area (Å²) < 4.78 is 22.5. The van der Waals surface area contributed by atoms with Crippen LogP contribution in [0.25, 0.3) is 0 Å². The molecular weight excluding hydrogens is 244 g/mol. The Morgan fingerprint density at radius 1 is 1.50 bits per heavy atom. The number of pyridine rings is 1. The van der Waals surface area contributed by atoms with Crippen LogP contribution in [0.15, 0.2) is 23.4 Å². The lowest BCUT2D eigenvalue weighted by molar-refractivity contribution is 0.596. The number of nitrogens with two attached hydrogens (primary N) is 1. The van der Waals surface area contributed by atoms with Crippen molar-refractivity contribution in [2.45, 2.75) is 18.2 Å². The van der Waals surface area contributed by atoms with Gasteiger partial charge < -0.3 is 5.73 Å². The Bertz CT molecular complexity index is 432. The van der Waals surface area contributed by atoms with Crippen LogP contribution in [0.5, 0.6) is 0 Å². The van der Waals surface area contributed by atoms with Gasteiger partial charge in [-0.25, -0.2) is 8.42 Å². The maximum atomic E-state index is 11.2. The summed E-state index contributed by atoms with van der Waals surface area (Å²) in [5, 5.41) is 0. The topological polar surface area (TPSA) is 73.0 Å². The summed E-state index contributed by atoms with van der Waals surface area (Å²) in [5.74, 6) is 1.23. The van der Waals surface area contributed by atoms with Crippen LogP contribution in [0.4, 0.5) is 5.69 Å². The highest BCUT2D eigenvalue weighted by molar-refractivity contribution is 7.99. The number of thioether (sulfide) groups is 1. The van der Waals surface area contributed by atoms with Crippen LogP contribution in [0.2, 0.25) is 0 Å². The number of rotatable bonds is 6. The van der Waals surface area contributed by atoms with E-state index in [1.807, 2.05) is 6.07 Å². The Labute approximate surface area is 101 Å². The van der Waals surface area contributed by atoms with Gasteiger partial charge in [0, 0.05) is 16.8 Å². The maximum absolute atomic E-state index is 11.2. The van der Waals surface area contributed by atoms with Gasteiger partial charge in [0.1, 0.15) is 9.84 Å². The van der Waals surface area contributed by atoms with Crippen molar-refractivity contribution in [2.24, 2.45) is 0 Å². The zero-order valence-electron chi connectivity index (χ0n) is 9.22. The number of aromatic nitrogens is 1. The van der Waals surface area contributed by atoms with Gasteiger partial charge in [-0.1, -0.05) is 6.92 Å². The lowest BCUT2D eigenvalue weighted by Gasteiger charge is -2.04. The molecule has 1 rings (SSSR count). The summed E-state index contributed by atoms with van der Waals surface area (Å²) in [7, 11) is -2.84. The smallest absolute Gasteiger partial charge is 0.150 e. The van der Waals surface area contributed by atoms with Crippen LogP contribution in [0.1, 0.15) is 13.3 Å². The quantitative estimate of drug-likeness (QED) is 0.621. The summed E-state index contributed by atoms with van der Waals surface area (Å²) in [6.07, 6.45) is 3.94. The minimum absolute atomic E-state index is 0.217. The molecule has 1 aromatic heterocycles.